The van der Waals surface area contributed by atoms with Gasteiger partial charge in [0.15, 0.2) is 0 Å². The number of piperidine rings is 1. The molecule has 0 bridgehead atoms. The Morgan fingerprint density at radius 3 is 2.17 bits per heavy atom. The van der Waals surface area contributed by atoms with E-state index < -0.39 is 0 Å². The number of nitrogens with zero attached hydrogens (tertiary/aromatic N) is 1. The monoisotopic (exact) mass is 336 g/mol. The van der Waals surface area contributed by atoms with Gasteiger partial charge in [-0.1, -0.05) is 12.8 Å². The molecule has 2 saturated carbocycles. The number of carbonyl (C=O) groups excluding carboxylic acids is 2. The zero-order valence-electron chi connectivity index (χ0n) is 14.7. The molecule has 0 atom stereocenters. The highest BCUT2D eigenvalue weighted by Gasteiger charge is 2.31. The minimum atomic E-state index is -0.236. The molecule has 0 unspecified atom stereocenters. The summed E-state index contributed by atoms with van der Waals surface area (Å²) in [6.07, 6.45) is 10.4. The molecule has 0 radical (unpaired) electrons. The van der Waals surface area contributed by atoms with Crippen molar-refractivity contribution in [3.05, 3.63) is 0 Å². The fraction of sp³-hybridized carbons (Fsp3) is 0.895. The van der Waals surface area contributed by atoms with E-state index in [1.165, 1.54) is 25.7 Å². The molecule has 0 spiro atoms. The molecule has 2 amide bonds. The van der Waals surface area contributed by atoms with Crippen molar-refractivity contribution in [1.82, 2.24) is 10.2 Å². The van der Waals surface area contributed by atoms with E-state index >= 15 is 0 Å². The van der Waals surface area contributed by atoms with Crippen molar-refractivity contribution in [2.24, 2.45) is 11.8 Å². The molecule has 3 fully saturated rings. The van der Waals surface area contributed by atoms with Crippen molar-refractivity contribution in [3.8, 4) is 0 Å². The van der Waals surface area contributed by atoms with Crippen molar-refractivity contribution >= 4 is 11.8 Å². The van der Waals surface area contributed by atoms with Crippen LogP contribution in [0.3, 0.4) is 0 Å². The average Bonchev–Trinajstić information content (AvgIpc) is 3.08. The summed E-state index contributed by atoms with van der Waals surface area (Å²) in [5.41, 5.74) is 0. The predicted octanol–water partition coefficient (Wildman–Crippen LogP) is 2.22. The number of aliphatic hydroxyl groups excluding tert-OH is 1. The summed E-state index contributed by atoms with van der Waals surface area (Å²) in [6.45, 7) is 1.39. The summed E-state index contributed by atoms with van der Waals surface area (Å²) >= 11 is 0. The smallest absolute Gasteiger partial charge is 0.225 e. The third-order valence-electron chi connectivity index (χ3n) is 6.17. The van der Waals surface area contributed by atoms with Crippen LogP contribution in [0, 0.1) is 11.8 Å². The highest BCUT2D eigenvalue weighted by molar-refractivity contribution is 5.79. The molecule has 3 rings (SSSR count). The minimum Gasteiger partial charge on any atom is -0.393 e. The molecule has 5 heteroatoms. The normalized spacial score (nSPS) is 29.6. The molecule has 2 aliphatic carbocycles. The number of rotatable bonds is 4. The van der Waals surface area contributed by atoms with Gasteiger partial charge in [-0.2, -0.15) is 0 Å². The Labute approximate surface area is 145 Å². The highest BCUT2D eigenvalue weighted by Crippen LogP contribution is 2.29. The Bertz CT molecular complexity index is 432. The summed E-state index contributed by atoms with van der Waals surface area (Å²) < 4.78 is 0. The van der Waals surface area contributed by atoms with E-state index in [4.69, 9.17) is 0 Å². The van der Waals surface area contributed by atoms with Crippen LogP contribution in [0.4, 0.5) is 0 Å². The Morgan fingerprint density at radius 1 is 0.917 bits per heavy atom. The zero-order valence-corrected chi connectivity index (χ0v) is 14.7. The van der Waals surface area contributed by atoms with Crippen LogP contribution < -0.4 is 5.32 Å². The largest absolute Gasteiger partial charge is 0.393 e. The molecule has 1 saturated heterocycles. The van der Waals surface area contributed by atoms with E-state index in [-0.39, 0.29) is 29.9 Å². The number of likely N-dealkylation sites (tertiary alicyclic amines) is 1. The van der Waals surface area contributed by atoms with Gasteiger partial charge < -0.3 is 15.3 Å². The van der Waals surface area contributed by atoms with Crippen molar-refractivity contribution in [2.75, 3.05) is 13.1 Å². The van der Waals surface area contributed by atoms with Crippen molar-refractivity contribution < 1.29 is 14.7 Å². The molecule has 136 valence electrons. The van der Waals surface area contributed by atoms with E-state index in [0.717, 1.165) is 25.7 Å². The molecular formula is C19H32N2O3. The molecule has 0 aromatic heterocycles. The van der Waals surface area contributed by atoms with E-state index in [0.29, 0.717) is 38.3 Å². The molecule has 0 aromatic carbocycles. The maximum atomic E-state index is 12.6. The topological polar surface area (TPSA) is 69.6 Å². The SMILES string of the molecule is O=C(CC1CCCC1)NC1CCC(C(=O)N2CCC(O)CC2)CC1. The van der Waals surface area contributed by atoms with E-state index in [2.05, 4.69) is 5.32 Å². The summed E-state index contributed by atoms with van der Waals surface area (Å²) in [5, 5.41) is 12.8. The van der Waals surface area contributed by atoms with Gasteiger partial charge >= 0.3 is 0 Å². The lowest BCUT2D eigenvalue weighted by Gasteiger charge is -2.35. The maximum absolute atomic E-state index is 12.6. The summed E-state index contributed by atoms with van der Waals surface area (Å²) in [6, 6.07) is 0.256. The first kappa shape index (κ1) is 17.7. The van der Waals surface area contributed by atoms with Gasteiger partial charge in [0.05, 0.1) is 6.10 Å². The number of nitrogens with one attached hydrogen (secondary N) is 1. The van der Waals surface area contributed by atoms with Gasteiger partial charge in [0, 0.05) is 31.5 Å². The maximum Gasteiger partial charge on any atom is 0.225 e. The molecule has 0 aromatic rings. The van der Waals surface area contributed by atoms with Gasteiger partial charge in [-0.3, -0.25) is 9.59 Å². The van der Waals surface area contributed by atoms with Crippen molar-refractivity contribution in [2.45, 2.75) is 82.8 Å². The van der Waals surface area contributed by atoms with Crippen LogP contribution in [0.15, 0.2) is 0 Å². The number of aliphatic hydroxyl groups is 1. The van der Waals surface area contributed by atoms with Crippen LogP contribution in [0.25, 0.3) is 0 Å². The Balaban J connectivity index is 1.37. The van der Waals surface area contributed by atoms with Gasteiger partial charge in [0.1, 0.15) is 0 Å². The molecular weight excluding hydrogens is 304 g/mol. The Hall–Kier alpha value is -1.10. The van der Waals surface area contributed by atoms with Crippen LogP contribution in [-0.2, 0) is 9.59 Å². The van der Waals surface area contributed by atoms with Gasteiger partial charge in [0.25, 0.3) is 0 Å². The van der Waals surface area contributed by atoms with Crippen molar-refractivity contribution in [3.63, 3.8) is 0 Å². The molecule has 5 nitrogen and oxygen atoms in total. The minimum absolute atomic E-state index is 0.114. The average molecular weight is 336 g/mol. The van der Waals surface area contributed by atoms with Crippen LogP contribution in [0.1, 0.15) is 70.6 Å². The van der Waals surface area contributed by atoms with E-state index in [1.807, 2.05) is 4.90 Å². The van der Waals surface area contributed by atoms with E-state index in [1.54, 1.807) is 0 Å². The van der Waals surface area contributed by atoms with E-state index in [9.17, 15) is 14.7 Å². The molecule has 1 aliphatic heterocycles. The van der Waals surface area contributed by atoms with Crippen LogP contribution >= 0.6 is 0 Å². The quantitative estimate of drug-likeness (QED) is 0.827. The third kappa shape index (κ3) is 4.71. The first-order chi connectivity index (χ1) is 11.6. The molecule has 1 heterocycles. The lowest BCUT2D eigenvalue weighted by atomic mass is 9.84. The molecule has 3 aliphatic rings. The van der Waals surface area contributed by atoms with Crippen LogP contribution in [-0.4, -0.2) is 47.1 Å². The van der Waals surface area contributed by atoms with Gasteiger partial charge in [-0.25, -0.2) is 0 Å². The van der Waals surface area contributed by atoms with Gasteiger partial charge in [-0.15, -0.1) is 0 Å². The van der Waals surface area contributed by atoms with Gasteiger partial charge in [0.2, 0.25) is 11.8 Å². The predicted molar refractivity (Wildman–Crippen MR) is 92.3 cm³/mol. The fourth-order valence-corrected chi connectivity index (χ4v) is 4.59. The Kier molecular flexibility index (Phi) is 6.14. The number of hydrogen-bond acceptors (Lipinski definition) is 3. The fourth-order valence-electron chi connectivity index (χ4n) is 4.59. The summed E-state index contributed by atoms with van der Waals surface area (Å²) in [5.74, 6) is 1.18. The zero-order chi connectivity index (χ0) is 16.9. The number of carbonyl (C=O) groups is 2. The lowest BCUT2D eigenvalue weighted by molar-refractivity contribution is -0.138. The Morgan fingerprint density at radius 2 is 1.54 bits per heavy atom. The third-order valence-corrected chi connectivity index (χ3v) is 6.17. The summed E-state index contributed by atoms with van der Waals surface area (Å²) in [7, 11) is 0. The second-order valence-electron chi connectivity index (χ2n) is 8.03. The van der Waals surface area contributed by atoms with Gasteiger partial charge in [-0.05, 0) is 57.3 Å². The first-order valence-corrected chi connectivity index (χ1v) is 9.88. The standard InChI is InChI=1S/C19H32N2O3/c22-17-9-11-21(12-10-17)19(24)15-5-7-16(8-6-15)20-18(23)13-14-3-1-2-4-14/h14-17,22H,1-13H2,(H,20,23). The lowest BCUT2D eigenvalue weighted by Crippen LogP contribution is -2.45. The number of hydrogen-bond donors (Lipinski definition) is 2. The highest BCUT2D eigenvalue weighted by atomic mass is 16.3. The number of amides is 2. The van der Waals surface area contributed by atoms with Crippen LogP contribution in [0.2, 0.25) is 0 Å². The van der Waals surface area contributed by atoms with Crippen LogP contribution in [0.5, 0.6) is 0 Å². The first-order valence-electron chi connectivity index (χ1n) is 9.88. The summed E-state index contributed by atoms with van der Waals surface area (Å²) in [4.78, 5) is 26.7. The van der Waals surface area contributed by atoms with Crippen molar-refractivity contribution in [1.29, 1.82) is 0 Å². The second-order valence-corrected chi connectivity index (χ2v) is 8.03. The molecule has 2 N–H and O–H groups in total. The second kappa shape index (κ2) is 8.32. The molecule has 24 heavy (non-hydrogen) atoms.